The van der Waals surface area contributed by atoms with Crippen LogP contribution in [0.4, 0.5) is 0 Å². The second kappa shape index (κ2) is 6.16. The lowest BCUT2D eigenvalue weighted by Gasteiger charge is -2.24. The zero-order valence-corrected chi connectivity index (χ0v) is 11.7. The van der Waals surface area contributed by atoms with E-state index < -0.39 is 0 Å². The molecule has 1 aromatic carbocycles. The molecule has 1 unspecified atom stereocenters. The summed E-state index contributed by atoms with van der Waals surface area (Å²) in [5, 5.41) is 0. The Balaban J connectivity index is 1.72. The maximum atomic E-state index is 5.65. The first-order chi connectivity index (χ1) is 9.86. The van der Waals surface area contributed by atoms with E-state index in [-0.39, 0.29) is 0 Å². The van der Waals surface area contributed by atoms with Crippen molar-refractivity contribution in [3.8, 4) is 0 Å². The molecule has 0 radical (unpaired) electrons. The third kappa shape index (κ3) is 2.89. The number of pyridine rings is 1. The topological polar surface area (TPSA) is 42.1 Å². The average molecular weight is 267 g/mol. The predicted octanol–water partition coefficient (Wildman–Crippen LogP) is 2.88. The molecule has 2 heterocycles. The lowest BCUT2D eigenvalue weighted by atomic mass is 10.1. The molecule has 3 rings (SSSR count). The Bertz CT molecular complexity index is 536. The Labute approximate surface area is 120 Å². The quantitative estimate of drug-likeness (QED) is 0.926. The van der Waals surface area contributed by atoms with Gasteiger partial charge in [-0.15, -0.1) is 0 Å². The maximum absolute atomic E-state index is 5.65. The first-order valence-electron chi connectivity index (χ1n) is 7.28. The monoisotopic (exact) mass is 267 g/mol. The molecule has 104 valence electrons. The van der Waals surface area contributed by atoms with E-state index in [1.54, 1.807) is 0 Å². The number of rotatable bonds is 4. The van der Waals surface area contributed by atoms with Crippen molar-refractivity contribution in [3.05, 3.63) is 65.5 Å². The van der Waals surface area contributed by atoms with Gasteiger partial charge in [0.2, 0.25) is 0 Å². The van der Waals surface area contributed by atoms with Crippen LogP contribution < -0.4 is 5.73 Å². The standard InChI is InChI=1S/C17H21N3/c18-12-14-3-5-15(6-4-14)13-20-11-1-2-17(20)16-7-9-19-10-8-16/h3-10,17H,1-2,11-13,18H2. The minimum atomic E-state index is 0.534. The van der Waals surface area contributed by atoms with Crippen LogP contribution in [0.25, 0.3) is 0 Å². The van der Waals surface area contributed by atoms with Gasteiger partial charge in [-0.1, -0.05) is 24.3 Å². The summed E-state index contributed by atoms with van der Waals surface area (Å²) in [7, 11) is 0. The number of nitrogens with zero attached hydrogens (tertiary/aromatic N) is 2. The fourth-order valence-corrected chi connectivity index (χ4v) is 2.99. The van der Waals surface area contributed by atoms with Crippen LogP contribution >= 0.6 is 0 Å². The van der Waals surface area contributed by atoms with E-state index in [4.69, 9.17) is 5.73 Å². The molecule has 1 atom stereocenters. The average Bonchev–Trinajstić information content (AvgIpc) is 2.97. The summed E-state index contributed by atoms with van der Waals surface area (Å²) in [6.45, 7) is 2.80. The van der Waals surface area contributed by atoms with Crippen LogP contribution in [-0.2, 0) is 13.1 Å². The van der Waals surface area contributed by atoms with Gasteiger partial charge in [0.05, 0.1) is 0 Å². The van der Waals surface area contributed by atoms with Crippen LogP contribution in [0.5, 0.6) is 0 Å². The van der Waals surface area contributed by atoms with Gasteiger partial charge >= 0.3 is 0 Å². The Morgan fingerprint density at radius 2 is 1.75 bits per heavy atom. The maximum Gasteiger partial charge on any atom is 0.0353 e. The van der Waals surface area contributed by atoms with Gasteiger partial charge in [0.25, 0.3) is 0 Å². The van der Waals surface area contributed by atoms with Crippen molar-refractivity contribution in [1.29, 1.82) is 0 Å². The highest BCUT2D eigenvalue weighted by molar-refractivity contribution is 5.23. The number of hydrogen-bond donors (Lipinski definition) is 1. The highest BCUT2D eigenvalue weighted by atomic mass is 15.2. The van der Waals surface area contributed by atoms with Gasteiger partial charge in [0.1, 0.15) is 0 Å². The molecular weight excluding hydrogens is 246 g/mol. The third-order valence-corrected chi connectivity index (χ3v) is 4.10. The van der Waals surface area contributed by atoms with Crippen molar-refractivity contribution < 1.29 is 0 Å². The Hall–Kier alpha value is -1.71. The molecule has 1 saturated heterocycles. The number of nitrogens with two attached hydrogens (primary N) is 1. The van der Waals surface area contributed by atoms with Crippen molar-refractivity contribution in [3.63, 3.8) is 0 Å². The third-order valence-electron chi connectivity index (χ3n) is 4.10. The van der Waals surface area contributed by atoms with Crippen molar-refractivity contribution in [1.82, 2.24) is 9.88 Å². The van der Waals surface area contributed by atoms with Crippen molar-refractivity contribution in [2.24, 2.45) is 5.73 Å². The van der Waals surface area contributed by atoms with E-state index >= 15 is 0 Å². The molecule has 1 fully saturated rings. The number of benzene rings is 1. The Morgan fingerprint density at radius 1 is 1.05 bits per heavy atom. The molecule has 0 saturated carbocycles. The summed E-state index contributed by atoms with van der Waals surface area (Å²) in [5.41, 5.74) is 9.59. The van der Waals surface area contributed by atoms with Crippen LogP contribution in [0.3, 0.4) is 0 Å². The summed E-state index contributed by atoms with van der Waals surface area (Å²) >= 11 is 0. The summed E-state index contributed by atoms with van der Waals surface area (Å²) in [4.78, 5) is 6.68. The molecule has 3 heteroatoms. The molecule has 0 spiro atoms. The lowest BCUT2D eigenvalue weighted by molar-refractivity contribution is 0.248. The van der Waals surface area contributed by atoms with Crippen LogP contribution in [0, 0.1) is 0 Å². The largest absolute Gasteiger partial charge is 0.326 e. The highest BCUT2D eigenvalue weighted by Crippen LogP contribution is 2.32. The molecule has 1 aliphatic rings. The van der Waals surface area contributed by atoms with Crippen LogP contribution in [0.15, 0.2) is 48.8 Å². The zero-order valence-electron chi connectivity index (χ0n) is 11.7. The van der Waals surface area contributed by atoms with E-state index in [9.17, 15) is 0 Å². The molecule has 2 aromatic rings. The summed E-state index contributed by atoms with van der Waals surface area (Å²) in [6, 6.07) is 13.5. The van der Waals surface area contributed by atoms with E-state index in [0.29, 0.717) is 12.6 Å². The van der Waals surface area contributed by atoms with Gasteiger partial charge in [0.15, 0.2) is 0 Å². The number of aromatic nitrogens is 1. The summed E-state index contributed by atoms with van der Waals surface area (Å²) in [6.07, 6.45) is 6.29. The predicted molar refractivity (Wildman–Crippen MR) is 81.0 cm³/mol. The van der Waals surface area contributed by atoms with Gasteiger partial charge in [0, 0.05) is 31.5 Å². The minimum absolute atomic E-state index is 0.534. The molecule has 2 N–H and O–H groups in total. The smallest absolute Gasteiger partial charge is 0.0353 e. The van der Waals surface area contributed by atoms with E-state index in [1.807, 2.05) is 12.4 Å². The van der Waals surface area contributed by atoms with Gasteiger partial charge in [-0.2, -0.15) is 0 Å². The Kier molecular flexibility index (Phi) is 4.09. The zero-order chi connectivity index (χ0) is 13.8. The molecule has 3 nitrogen and oxygen atoms in total. The number of likely N-dealkylation sites (tertiary alicyclic amines) is 1. The minimum Gasteiger partial charge on any atom is -0.326 e. The van der Waals surface area contributed by atoms with Crippen molar-refractivity contribution >= 4 is 0 Å². The van der Waals surface area contributed by atoms with Gasteiger partial charge in [-0.3, -0.25) is 9.88 Å². The SMILES string of the molecule is NCc1ccc(CN2CCCC2c2ccncc2)cc1. The molecule has 20 heavy (non-hydrogen) atoms. The molecule has 0 aliphatic carbocycles. The fraction of sp³-hybridized carbons (Fsp3) is 0.353. The van der Waals surface area contributed by atoms with Crippen molar-refractivity contribution in [2.45, 2.75) is 32.0 Å². The second-order valence-electron chi connectivity index (χ2n) is 5.43. The molecule has 1 aromatic heterocycles. The molecule has 0 bridgehead atoms. The molecular formula is C17H21N3. The van der Waals surface area contributed by atoms with Gasteiger partial charge < -0.3 is 5.73 Å². The van der Waals surface area contributed by atoms with Crippen LogP contribution in [0.1, 0.15) is 35.6 Å². The van der Waals surface area contributed by atoms with E-state index in [2.05, 4.69) is 46.3 Å². The Morgan fingerprint density at radius 3 is 2.45 bits per heavy atom. The van der Waals surface area contributed by atoms with Crippen molar-refractivity contribution in [2.75, 3.05) is 6.54 Å². The molecule has 0 amide bonds. The normalized spacial score (nSPS) is 19.4. The highest BCUT2D eigenvalue weighted by Gasteiger charge is 2.25. The fourth-order valence-electron chi connectivity index (χ4n) is 2.99. The van der Waals surface area contributed by atoms with Gasteiger partial charge in [-0.05, 0) is 48.2 Å². The summed E-state index contributed by atoms with van der Waals surface area (Å²) < 4.78 is 0. The van der Waals surface area contributed by atoms with Crippen LogP contribution in [-0.4, -0.2) is 16.4 Å². The van der Waals surface area contributed by atoms with E-state index in [0.717, 1.165) is 6.54 Å². The number of hydrogen-bond acceptors (Lipinski definition) is 3. The van der Waals surface area contributed by atoms with E-state index in [1.165, 1.54) is 36.1 Å². The lowest BCUT2D eigenvalue weighted by Crippen LogP contribution is -2.22. The second-order valence-corrected chi connectivity index (χ2v) is 5.43. The first-order valence-corrected chi connectivity index (χ1v) is 7.28. The van der Waals surface area contributed by atoms with Gasteiger partial charge in [-0.25, -0.2) is 0 Å². The first kappa shape index (κ1) is 13.3. The molecule has 1 aliphatic heterocycles. The van der Waals surface area contributed by atoms with Crippen LogP contribution in [0.2, 0.25) is 0 Å². The summed E-state index contributed by atoms with van der Waals surface area (Å²) in [5.74, 6) is 0.